The first-order valence-electron chi connectivity index (χ1n) is 7.62. The number of hydrogen-bond acceptors (Lipinski definition) is 4. The van der Waals surface area contributed by atoms with Crippen molar-refractivity contribution in [2.45, 2.75) is 20.8 Å². The van der Waals surface area contributed by atoms with E-state index in [1.54, 1.807) is 13.2 Å². The van der Waals surface area contributed by atoms with Crippen molar-refractivity contribution in [2.75, 3.05) is 12.4 Å². The van der Waals surface area contributed by atoms with E-state index in [2.05, 4.69) is 35.0 Å². The third-order valence-corrected chi connectivity index (χ3v) is 4.44. The summed E-state index contributed by atoms with van der Waals surface area (Å²) < 4.78 is 10.0. The zero-order chi connectivity index (χ0) is 19.3. The molecule has 1 aliphatic rings. The van der Waals surface area contributed by atoms with Gasteiger partial charge in [0.2, 0.25) is 0 Å². The molecule has 0 saturated carbocycles. The number of halogens is 1. The van der Waals surface area contributed by atoms with E-state index >= 15 is 0 Å². The molecule has 1 unspecified atom stereocenters. The molecule has 136 valence electrons. The van der Waals surface area contributed by atoms with E-state index in [1.165, 1.54) is 6.92 Å². The highest BCUT2D eigenvalue weighted by Crippen LogP contribution is 2.26. The van der Waals surface area contributed by atoms with Gasteiger partial charge in [0.15, 0.2) is 0 Å². The molecule has 4 nitrogen and oxygen atoms in total. The molecule has 0 heterocycles. The fraction of sp³-hybridized carbons (Fsp3) is 0.300. The van der Waals surface area contributed by atoms with E-state index in [0.717, 1.165) is 16.7 Å². The van der Waals surface area contributed by atoms with Crippen LogP contribution in [0.25, 0.3) is 0 Å². The molecule has 0 saturated heterocycles. The van der Waals surface area contributed by atoms with Crippen molar-refractivity contribution in [1.29, 1.82) is 0 Å². The van der Waals surface area contributed by atoms with E-state index in [-0.39, 0.29) is 11.4 Å². The summed E-state index contributed by atoms with van der Waals surface area (Å²) in [6, 6.07) is 7.42. The number of aryl methyl sites for hydroxylation is 1. The van der Waals surface area contributed by atoms with Crippen molar-refractivity contribution in [3.63, 3.8) is 0 Å². The van der Waals surface area contributed by atoms with Crippen LogP contribution in [-0.2, 0) is 14.3 Å². The average Bonchev–Trinajstić information content (AvgIpc) is 2.81. The number of rotatable bonds is 3. The molecule has 0 aromatic heterocycles. The maximum absolute atomic E-state index is 10.5. The van der Waals surface area contributed by atoms with Gasteiger partial charge in [0.25, 0.3) is 0 Å². The van der Waals surface area contributed by atoms with Gasteiger partial charge in [-0.15, -0.1) is 0 Å². The molecule has 1 aliphatic carbocycles. The molecule has 0 radical (unpaired) electrons. The summed E-state index contributed by atoms with van der Waals surface area (Å²) in [7, 11) is 1.68. The highest BCUT2D eigenvalue weighted by Gasteiger charge is 2.16. The monoisotopic (exact) mass is 408 g/mol. The number of ether oxygens (including phenoxy) is 2. The standard InChI is InChI=1S/C10H13BrO.C9H10O2.CH2O/c1-10(8-11)6-3-4-9(12-2)5-7-10;1-7-5-3-4-6-9(7)11-8(2)10;1-2/h3-7H,8H2,1-2H3;3-6H,1-2H3;1H2. The largest absolute Gasteiger partial charge is 0.497 e. The van der Waals surface area contributed by atoms with Crippen LogP contribution in [0.1, 0.15) is 19.4 Å². The zero-order valence-corrected chi connectivity index (χ0v) is 16.7. The predicted molar refractivity (Wildman–Crippen MR) is 105 cm³/mol. The van der Waals surface area contributed by atoms with E-state index < -0.39 is 0 Å². The van der Waals surface area contributed by atoms with Crippen LogP contribution in [0.5, 0.6) is 5.75 Å². The lowest BCUT2D eigenvalue weighted by molar-refractivity contribution is -0.131. The third-order valence-electron chi connectivity index (χ3n) is 3.24. The molecular formula is C20H25BrO4. The lowest BCUT2D eigenvalue weighted by Crippen LogP contribution is -2.10. The van der Waals surface area contributed by atoms with Gasteiger partial charge < -0.3 is 14.3 Å². The van der Waals surface area contributed by atoms with Crippen molar-refractivity contribution >= 4 is 28.7 Å². The van der Waals surface area contributed by atoms with Crippen LogP contribution >= 0.6 is 15.9 Å². The number of carbonyl (C=O) groups excluding carboxylic acids is 2. The molecule has 5 heteroatoms. The number of allylic oxidation sites excluding steroid dienone is 5. The maximum Gasteiger partial charge on any atom is 0.308 e. The molecule has 1 aromatic carbocycles. The molecule has 0 fully saturated rings. The number of para-hydroxylation sites is 1. The van der Waals surface area contributed by atoms with Crippen LogP contribution in [-0.4, -0.2) is 25.2 Å². The van der Waals surface area contributed by atoms with Gasteiger partial charge in [0.05, 0.1) is 7.11 Å². The number of carbonyl (C=O) groups is 2. The SMILES string of the molecule is C=O.CC(=O)Oc1ccccc1C.COC1=CC=CC(C)(CBr)C=C1. The third kappa shape index (κ3) is 9.05. The van der Waals surface area contributed by atoms with Gasteiger partial charge >= 0.3 is 5.97 Å². The first kappa shape index (κ1) is 22.9. The Morgan fingerprint density at radius 3 is 2.40 bits per heavy atom. The summed E-state index contributed by atoms with van der Waals surface area (Å²) in [5.41, 5.74) is 1.08. The Labute approximate surface area is 158 Å². The van der Waals surface area contributed by atoms with E-state index in [0.29, 0.717) is 5.75 Å². The van der Waals surface area contributed by atoms with Gasteiger partial charge in [-0.2, -0.15) is 0 Å². The normalized spacial score (nSPS) is 17.7. The van der Waals surface area contributed by atoms with Crippen molar-refractivity contribution in [2.24, 2.45) is 5.41 Å². The fourth-order valence-corrected chi connectivity index (χ4v) is 2.17. The summed E-state index contributed by atoms with van der Waals surface area (Å²) in [5, 5.41) is 0.928. The Kier molecular flexibility index (Phi) is 11.2. The Morgan fingerprint density at radius 1 is 1.24 bits per heavy atom. The highest BCUT2D eigenvalue weighted by molar-refractivity contribution is 9.09. The van der Waals surface area contributed by atoms with E-state index in [4.69, 9.17) is 14.3 Å². The molecule has 1 aromatic rings. The number of benzene rings is 1. The lowest BCUT2D eigenvalue weighted by atomic mass is 9.93. The van der Waals surface area contributed by atoms with Gasteiger partial charge in [-0.05, 0) is 30.7 Å². The first-order valence-corrected chi connectivity index (χ1v) is 8.74. The number of methoxy groups -OCH3 is 1. The molecule has 2 rings (SSSR count). The minimum Gasteiger partial charge on any atom is -0.497 e. The van der Waals surface area contributed by atoms with Gasteiger partial charge in [0, 0.05) is 17.7 Å². The van der Waals surface area contributed by atoms with Crippen molar-refractivity contribution in [3.05, 3.63) is 66.0 Å². The van der Waals surface area contributed by atoms with Crippen molar-refractivity contribution in [1.82, 2.24) is 0 Å². The molecule has 0 spiro atoms. The summed E-state index contributed by atoms with van der Waals surface area (Å²) in [4.78, 5) is 18.5. The predicted octanol–water partition coefficient (Wildman–Crippen LogP) is 4.78. The fourth-order valence-electron chi connectivity index (χ4n) is 1.80. The maximum atomic E-state index is 10.5. The van der Waals surface area contributed by atoms with Gasteiger partial charge in [-0.25, -0.2) is 0 Å². The van der Waals surface area contributed by atoms with Crippen molar-refractivity contribution < 1.29 is 19.1 Å². The summed E-state index contributed by atoms with van der Waals surface area (Å²) >= 11 is 3.48. The summed E-state index contributed by atoms with van der Waals surface area (Å²) in [6.45, 7) is 7.46. The summed E-state index contributed by atoms with van der Waals surface area (Å²) in [6.07, 6.45) is 10.3. The average molecular weight is 409 g/mol. The molecule has 0 aliphatic heterocycles. The number of alkyl halides is 1. The molecule has 1 atom stereocenters. The van der Waals surface area contributed by atoms with Gasteiger partial charge in [-0.3, -0.25) is 4.79 Å². The molecule has 0 amide bonds. The van der Waals surface area contributed by atoms with Crippen LogP contribution in [0.3, 0.4) is 0 Å². The molecule has 0 N–H and O–H groups in total. The number of hydrogen-bond donors (Lipinski definition) is 0. The van der Waals surface area contributed by atoms with Crippen LogP contribution in [0.15, 0.2) is 60.4 Å². The molecule has 0 bridgehead atoms. The first-order chi connectivity index (χ1) is 11.9. The van der Waals surface area contributed by atoms with Crippen LogP contribution < -0.4 is 4.74 Å². The van der Waals surface area contributed by atoms with Crippen molar-refractivity contribution in [3.8, 4) is 5.75 Å². The Balaban J connectivity index is 0.000000421. The van der Waals surface area contributed by atoms with Gasteiger partial charge in [-0.1, -0.05) is 59.3 Å². The quantitative estimate of drug-likeness (QED) is 0.410. The summed E-state index contributed by atoms with van der Waals surface area (Å²) in [5.74, 6) is 1.26. The second-order valence-electron chi connectivity index (χ2n) is 5.46. The Morgan fingerprint density at radius 2 is 1.88 bits per heavy atom. The minimum atomic E-state index is -0.278. The van der Waals surface area contributed by atoms with E-state index in [9.17, 15) is 4.79 Å². The number of esters is 1. The highest BCUT2D eigenvalue weighted by atomic mass is 79.9. The molecular weight excluding hydrogens is 384 g/mol. The Hall–Kier alpha value is -2.14. The van der Waals surface area contributed by atoms with Crippen LogP contribution in [0.4, 0.5) is 0 Å². The topological polar surface area (TPSA) is 52.6 Å². The second-order valence-corrected chi connectivity index (χ2v) is 6.02. The molecule has 25 heavy (non-hydrogen) atoms. The van der Waals surface area contributed by atoms with E-state index in [1.807, 2.05) is 50.1 Å². The van der Waals surface area contributed by atoms with Crippen LogP contribution in [0.2, 0.25) is 0 Å². The Bertz CT molecular complexity index is 634. The minimum absolute atomic E-state index is 0.108. The smallest absolute Gasteiger partial charge is 0.308 e. The van der Waals surface area contributed by atoms with Crippen LogP contribution in [0, 0.1) is 12.3 Å². The second kappa shape index (κ2) is 12.3. The zero-order valence-electron chi connectivity index (χ0n) is 15.1. The lowest BCUT2D eigenvalue weighted by Gasteiger charge is -2.16. The van der Waals surface area contributed by atoms with Gasteiger partial charge in [0.1, 0.15) is 18.3 Å².